The lowest BCUT2D eigenvalue weighted by molar-refractivity contribution is 0.344. The van der Waals surface area contributed by atoms with Crippen LogP contribution in [0.4, 0.5) is 5.82 Å². The van der Waals surface area contributed by atoms with Crippen molar-refractivity contribution in [1.29, 1.82) is 10.5 Å². The lowest BCUT2D eigenvalue weighted by atomic mass is 9.94. The molecule has 32 heavy (non-hydrogen) atoms. The molecule has 0 fully saturated rings. The molecule has 2 rings (SSSR count). The number of aromatic nitrogens is 1. The van der Waals surface area contributed by atoms with Crippen molar-refractivity contribution in [2.24, 2.45) is 11.8 Å². The van der Waals surface area contributed by atoms with E-state index in [9.17, 15) is 10.5 Å². The van der Waals surface area contributed by atoms with Crippen molar-refractivity contribution in [2.75, 3.05) is 30.5 Å². The van der Waals surface area contributed by atoms with E-state index in [2.05, 4.69) is 55.8 Å². The molecular formula is C25H32N4OS2. The Hall–Kier alpha value is -2.35. The molecule has 0 spiro atoms. The minimum atomic E-state index is 0.379. The standard InChI is InChI=1S/C25H32N4OS2/c1-5-17(3)13-18(6-2)16-32-25-22(15-27)23(21(14-26)24(28-4)29-25)19-7-9-20(10-8-19)30-11-12-31/h7-10,17-18,31H,5-6,11-13,16H2,1-4H3,(H,28,29). The maximum absolute atomic E-state index is 10.1. The van der Waals surface area contributed by atoms with Crippen molar-refractivity contribution in [1.82, 2.24) is 4.98 Å². The number of anilines is 1. The third-order valence-corrected chi connectivity index (χ3v) is 6.98. The second-order valence-corrected chi connectivity index (χ2v) is 9.25. The van der Waals surface area contributed by atoms with E-state index in [4.69, 9.17) is 4.74 Å². The first-order chi connectivity index (χ1) is 15.5. The Morgan fingerprint density at radius 2 is 1.81 bits per heavy atom. The zero-order chi connectivity index (χ0) is 23.5. The Morgan fingerprint density at radius 1 is 1.12 bits per heavy atom. The zero-order valence-corrected chi connectivity index (χ0v) is 21.0. The predicted molar refractivity (Wildman–Crippen MR) is 137 cm³/mol. The summed E-state index contributed by atoms with van der Waals surface area (Å²) >= 11 is 5.78. The summed E-state index contributed by atoms with van der Waals surface area (Å²) in [5.41, 5.74) is 2.24. The van der Waals surface area contributed by atoms with E-state index in [1.54, 1.807) is 18.8 Å². The minimum Gasteiger partial charge on any atom is -0.493 e. The largest absolute Gasteiger partial charge is 0.493 e. The molecule has 170 valence electrons. The molecule has 0 aliphatic rings. The van der Waals surface area contributed by atoms with E-state index >= 15 is 0 Å². The zero-order valence-electron chi connectivity index (χ0n) is 19.3. The molecule has 2 unspecified atom stereocenters. The number of thiol groups is 1. The first kappa shape index (κ1) is 25.9. The fraction of sp³-hybridized carbons (Fsp3) is 0.480. The van der Waals surface area contributed by atoms with Crippen molar-refractivity contribution >= 4 is 30.2 Å². The van der Waals surface area contributed by atoms with Crippen LogP contribution in [0.1, 0.15) is 51.2 Å². The third kappa shape index (κ3) is 6.58. The Balaban J connectivity index is 2.47. The molecule has 0 aliphatic carbocycles. The second kappa shape index (κ2) is 13.3. The average Bonchev–Trinajstić information content (AvgIpc) is 2.84. The number of hydrogen-bond donors (Lipinski definition) is 2. The first-order valence-electron chi connectivity index (χ1n) is 11.1. The van der Waals surface area contributed by atoms with E-state index in [1.165, 1.54) is 6.42 Å². The Labute approximate surface area is 202 Å². The SMILES string of the molecule is CCC(C)CC(CC)CSc1nc(NC)c(C#N)c(-c2ccc(OCCS)cc2)c1C#N. The van der Waals surface area contributed by atoms with Crippen LogP contribution >= 0.6 is 24.4 Å². The average molecular weight is 469 g/mol. The number of pyridine rings is 1. The maximum atomic E-state index is 10.1. The molecule has 7 heteroatoms. The van der Waals surface area contributed by atoms with Gasteiger partial charge in [-0.15, -0.1) is 11.8 Å². The van der Waals surface area contributed by atoms with E-state index in [1.807, 2.05) is 24.3 Å². The molecule has 0 saturated carbocycles. The molecule has 2 aromatic rings. The topological polar surface area (TPSA) is 81.7 Å². The van der Waals surface area contributed by atoms with Gasteiger partial charge in [0.05, 0.1) is 12.2 Å². The van der Waals surface area contributed by atoms with Gasteiger partial charge in [-0.25, -0.2) is 4.98 Å². The highest BCUT2D eigenvalue weighted by atomic mass is 32.2. The molecular weight excluding hydrogens is 436 g/mol. The van der Waals surface area contributed by atoms with Crippen molar-refractivity contribution in [3.63, 3.8) is 0 Å². The van der Waals surface area contributed by atoms with Crippen LogP contribution < -0.4 is 10.1 Å². The summed E-state index contributed by atoms with van der Waals surface area (Å²) in [4.78, 5) is 4.66. The van der Waals surface area contributed by atoms with Crippen LogP contribution in [0.2, 0.25) is 0 Å². The van der Waals surface area contributed by atoms with Gasteiger partial charge in [-0.1, -0.05) is 45.7 Å². The van der Waals surface area contributed by atoms with Crippen LogP contribution in [0.25, 0.3) is 11.1 Å². The Kier molecular flexibility index (Phi) is 10.7. The number of nitriles is 2. The number of rotatable bonds is 12. The van der Waals surface area contributed by atoms with Crippen LogP contribution in [0, 0.1) is 34.5 Å². The highest BCUT2D eigenvalue weighted by Crippen LogP contribution is 2.38. The molecule has 0 amide bonds. The van der Waals surface area contributed by atoms with Gasteiger partial charge in [0.2, 0.25) is 0 Å². The van der Waals surface area contributed by atoms with Gasteiger partial charge in [-0.3, -0.25) is 0 Å². The van der Waals surface area contributed by atoms with E-state index in [0.717, 1.165) is 29.9 Å². The second-order valence-electron chi connectivity index (χ2n) is 7.80. The molecule has 1 aromatic carbocycles. The van der Waals surface area contributed by atoms with Gasteiger partial charge >= 0.3 is 0 Å². The Bertz CT molecular complexity index is 964. The van der Waals surface area contributed by atoms with Crippen LogP contribution in [0.15, 0.2) is 29.3 Å². The van der Waals surface area contributed by atoms with E-state index in [-0.39, 0.29) is 0 Å². The molecule has 1 N–H and O–H groups in total. The molecule has 1 aromatic heterocycles. The number of nitrogens with zero attached hydrogens (tertiary/aromatic N) is 3. The van der Waals surface area contributed by atoms with Crippen LogP contribution in [-0.4, -0.2) is 30.1 Å². The lowest BCUT2D eigenvalue weighted by Crippen LogP contribution is -2.09. The van der Waals surface area contributed by atoms with Gasteiger partial charge in [0.15, 0.2) is 0 Å². The van der Waals surface area contributed by atoms with Gasteiger partial charge in [-0.2, -0.15) is 23.2 Å². The van der Waals surface area contributed by atoms with Crippen LogP contribution in [0.3, 0.4) is 0 Å². The Morgan fingerprint density at radius 3 is 2.34 bits per heavy atom. The monoisotopic (exact) mass is 468 g/mol. The fourth-order valence-corrected chi connectivity index (χ4v) is 4.82. The molecule has 0 aliphatic heterocycles. The molecule has 1 heterocycles. The summed E-state index contributed by atoms with van der Waals surface area (Å²) in [5.74, 6) is 3.99. The van der Waals surface area contributed by atoms with E-state index < -0.39 is 0 Å². The van der Waals surface area contributed by atoms with Crippen molar-refractivity contribution in [2.45, 2.75) is 45.1 Å². The van der Waals surface area contributed by atoms with Crippen molar-refractivity contribution in [3.8, 4) is 29.0 Å². The third-order valence-electron chi connectivity index (χ3n) is 5.59. The highest BCUT2D eigenvalue weighted by Gasteiger charge is 2.22. The molecule has 0 radical (unpaired) electrons. The number of hydrogen-bond acceptors (Lipinski definition) is 7. The summed E-state index contributed by atoms with van der Waals surface area (Å²) in [6.07, 6.45) is 3.42. The normalized spacial score (nSPS) is 12.5. The quantitative estimate of drug-likeness (QED) is 0.277. The number of nitrogens with one attached hydrogen (secondary N) is 1. The van der Waals surface area contributed by atoms with Gasteiger partial charge in [0.25, 0.3) is 0 Å². The summed E-state index contributed by atoms with van der Waals surface area (Å²) in [5, 5.41) is 23.6. The molecule has 0 bridgehead atoms. The van der Waals surface area contributed by atoms with Gasteiger partial charge in [-0.05, 0) is 36.0 Å². The number of thioether (sulfide) groups is 1. The van der Waals surface area contributed by atoms with Crippen LogP contribution in [-0.2, 0) is 0 Å². The number of benzene rings is 1. The van der Waals surface area contributed by atoms with Gasteiger partial charge < -0.3 is 10.1 Å². The summed E-state index contributed by atoms with van der Waals surface area (Å²) in [6.45, 7) is 7.24. The first-order valence-corrected chi connectivity index (χ1v) is 12.7. The minimum absolute atomic E-state index is 0.379. The predicted octanol–water partition coefficient (Wildman–Crippen LogP) is 6.40. The van der Waals surface area contributed by atoms with Gasteiger partial charge in [0, 0.05) is 24.1 Å². The van der Waals surface area contributed by atoms with Crippen LogP contribution in [0.5, 0.6) is 5.75 Å². The molecule has 0 saturated heterocycles. The molecule has 2 atom stereocenters. The van der Waals surface area contributed by atoms with E-state index in [0.29, 0.717) is 51.7 Å². The smallest absolute Gasteiger partial charge is 0.145 e. The summed E-state index contributed by atoms with van der Waals surface area (Å²) < 4.78 is 5.61. The number of ether oxygens (including phenoxy) is 1. The highest BCUT2D eigenvalue weighted by molar-refractivity contribution is 7.99. The van der Waals surface area contributed by atoms with Crippen molar-refractivity contribution in [3.05, 3.63) is 35.4 Å². The lowest BCUT2D eigenvalue weighted by Gasteiger charge is -2.19. The summed E-state index contributed by atoms with van der Waals surface area (Å²) in [6, 6.07) is 12.1. The fourth-order valence-electron chi connectivity index (χ4n) is 3.52. The van der Waals surface area contributed by atoms with Crippen molar-refractivity contribution < 1.29 is 4.74 Å². The summed E-state index contributed by atoms with van der Waals surface area (Å²) in [7, 11) is 1.75. The molecule has 5 nitrogen and oxygen atoms in total. The maximum Gasteiger partial charge on any atom is 0.145 e. The van der Waals surface area contributed by atoms with Gasteiger partial charge in [0.1, 0.15) is 34.3 Å².